The average Bonchev–Trinajstić information content (AvgIpc) is 2.85. The van der Waals surface area contributed by atoms with Crippen LogP contribution < -0.4 is 19.5 Å². The molecule has 0 radical (unpaired) electrons. The first kappa shape index (κ1) is 27.0. The molecular weight excluding hydrogens is 428 g/mol. The molecule has 2 aromatic rings. The van der Waals surface area contributed by atoms with Crippen molar-refractivity contribution in [1.82, 2.24) is 10.3 Å². The van der Waals surface area contributed by atoms with Crippen LogP contribution in [0.5, 0.6) is 17.2 Å². The Morgan fingerprint density at radius 3 is 2.53 bits per heavy atom. The van der Waals surface area contributed by atoms with Crippen LogP contribution in [0.4, 0.5) is 0 Å². The van der Waals surface area contributed by atoms with Crippen molar-refractivity contribution in [3.8, 4) is 17.2 Å². The lowest BCUT2D eigenvalue weighted by atomic mass is 9.98. The number of ether oxygens (including phenoxy) is 3. The second-order valence-electron chi connectivity index (χ2n) is 8.20. The number of hydrogen-bond donors (Lipinski definition) is 1. The number of carbonyl (C=O) groups is 1. The number of benzene rings is 1. The first-order valence-electron chi connectivity index (χ1n) is 11.9. The quantitative estimate of drug-likeness (QED) is 0.283. The Morgan fingerprint density at radius 2 is 1.88 bits per heavy atom. The summed E-state index contributed by atoms with van der Waals surface area (Å²) >= 11 is 0. The van der Waals surface area contributed by atoms with Gasteiger partial charge in [-0.1, -0.05) is 31.6 Å². The third kappa shape index (κ3) is 8.25. The van der Waals surface area contributed by atoms with Gasteiger partial charge < -0.3 is 19.5 Å². The molecule has 0 aliphatic carbocycles. The van der Waals surface area contributed by atoms with Crippen LogP contribution in [0.25, 0.3) is 5.57 Å². The molecular formula is C28H38N2O4. The maximum Gasteiger partial charge on any atom is 0.244 e. The first-order valence-corrected chi connectivity index (χ1v) is 11.9. The van der Waals surface area contributed by atoms with E-state index >= 15 is 0 Å². The van der Waals surface area contributed by atoms with E-state index in [4.69, 9.17) is 14.2 Å². The second kappa shape index (κ2) is 14.8. The SMILES string of the molecule is CCCCC(=CC=CC(=O)N[C@H](C)CCCc1cccnc1)c1ccc(OC)c(OC)c1OC. The molecule has 0 unspecified atom stereocenters. The van der Waals surface area contributed by atoms with Gasteiger partial charge in [0.25, 0.3) is 0 Å². The van der Waals surface area contributed by atoms with Gasteiger partial charge in [0.1, 0.15) is 0 Å². The van der Waals surface area contributed by atoms with E-state index in [0.29, 0.717) is 17.2 Å². The zero-order chi connectivity index (χ0) is 24.8. The van der Waals surface area contributed by atoms with Crippen molar-refractivity contribution in [3.05, 3.63) is 66.0 Å². The minimum atomic E-state index is -0.0979. The lowest BCUT2D eigenvalue weighted by Gasteiger charge is -2.17. The summed E-state index contributed by atoms with van der Waals surface area (Å²) in [5, 5.41) is 3.05. The van der Waals surface area contributed by atoms with E-state index in [1.165, 1.54) is 5.56 Å². The summed E-state index contributed by atoms with van der Waals surface area (Å²) in [5.74, 6) is 1.71. The van der Waals surface area contributed by atoms with Crippen LogP contribution in [0.2, 0.25) is 0 Å². The van der Waals surface area contributed by atoms with E-state index < -0.39 is 0 Å². The number of methoxy groups -OCH3 is 3. The average molecular weight is 467 g/mol. The van der Waals surface area contributed by atoms with E-state index in [1.807, 2.05) is 37.4 Å². The Hall–Kier alpha value is -3.28. The Balaban J connectivity index is 2.05. The van der Waals surface area contributed by atoms with Crippen LogP contribution in [-0.2, 0) is 11.2 Å². The van der Waals surface area contributed by atoms with Crippen molar-refractivity contribution in [3.63, 3.8) is 0 Å². The molecule has 6 nitrogen and oxygen atoms in total. The van der Waals surface area contributed by atoms with Crippen molar-refractivity contribution in [2.75, 3.05) is 21.3 Å². The molecule has 34 heavy (non-hydrogen) atoms. The molecule has 1 atom stereocenters. The van der Waals surface area contributed by atoms with Gasteiger partial charge >= 0.3 is 0 Å². The molecule has 1 aromatic carbocycles. The highest BCUT2D eigenvalue weighted by atomic mass is 16.5. The third-order valence-corrected chi connectivity index (χ3v) is 5.61. The Bertz CT molecular complexity index is 954. The van der Waals surface area contributed by atoms with Crippen molar-refractivity contribution in [1.29, 1.82) is 0 Å². The van der Waals surface area contributed by atoms with E-state index in [2.05, 4.69) is 23.3 Å². The van der Waals surface area contributed by atoms with Gasteiger partial charge in [-0.25, -0.2) is 0 Å². The summed E-state index contributed by atoms with van der Waals surface area (Å²) in [4.78, 5) is 16.6. The standard InChI is InChI=1S/C28H38N2O4/c1-6-7-14-23(24-17-18-25(32-3)28(34-5)27(24)33-4)15-9-16-26(31)30-21(2)11-8-12-22-13-10-19-29-20-22/h9-10,13,15-21H,6-8,11-12,14H2,1-5H3,(H,30,31)/t21-/m1/s1. The van der Waals surface area contributed by atoms with Gasteiger partial charge in [0, 0.05) is 30.1 Å². The van der Waals surface area contributed by atoms with Gasteiger partial charge in [0.2, 0.25) is 11.7 Å². The van der Waals surface area contributed by atoms with Crippen LogP contribution in [-0.4, -0.2) is 38.3 Å². The molecule has 1 N–H and O–H groups in total. The molecule has 6 heteroatoms. The van der Waals surface area contributed by atoms with E-state index in [-0.39, 0.29) is 11.9 Å². The Labute approximate surface area is 204 Å². The minimum absolute atomic E-state index is 0.0979. The summed E-state index contributed by atoms with van der Waals surface area (Å²) in [6, 6.07) is 7.98. The minimum Gasteiger partial charge on any atom is -0.493 e. The molecule has 0 spiro atoms. The largest absolute Gasteiger partial charge is 0.493 e. The molecule has 2 rings (SSSR count). The summed E-state index contributed by atoms with van der Waals surface area (Å²) < 4.78 is 16.6. The van der Waals surface area contributed by atoms with Gasteiger partial charge in [0.15, 0.2) is 11.5 Å². The summed E-state index contributed by atoms with van der Waals surface area (Å²) in [7, 11) is 4.82. The predicted molar refractivity (Wildman–Crippen MR) is 138 cm³/mol. The number of nitrogens with zero attached hydrogens (tertiary/aromatic N) is 1. The number of rotatable bonds is 14. The topological polar surface area (TPSA) is 69.7 Å². The van der Waals surface area contributed by atoms with Crippen molar-refractivity contribution in [2.45, 2.75) is 58.4 Å². The van der Waals surface area contributed by atoms with E-state index in [1.54, 1.807) is 39.7 Å². The predicted octanol–water partition coefficient (Wildman–Crippen LogP) is 5.76. The smallest absolute Gasteiger partial charge is 0.244 e. The number of carbonyl (C=O) groups excluding carboxylic acids is 1. The summed E-state index contributed by atoms with van der Waals surface area (Å²) in [6.45, 7) is 4.19. The number of pyridine rings is 1. The first-order chi connectivity index (χ1) is 16.5. The number of nitrogens with one attached hydrogen (secondary N) is 1. The normalized spacial score (nSPS) is 12.4. The van der Waals surface area contributed by atoms with Crippen molar-refractivity contribution in [2.24, 2.45) is 0 Å². The van der Waals surface area contributed by atoms with Crippen molar-refractivity contribution >= 4 is 11.5 Å². The molecule has 0 bridgehead atoms. The second-order valence-corrected chi connectivity index (χ2v) is 8.20. The highest BCUT2D eigenvalue weighted by Crippen LogP contribution is 2.43. The number of hydrogen-bond acceptors (Lipinski definition) is 5. The molecule has 1 aromatic heterocycles. The number of unbranched alkanes of at least 4 members (excludes halogenated alkanes) is 1. The fourth-order valence-electron chi connectivity index (χ4n) is 3.80. The highest BCUT2D eigenvalue weighted by molar-refractivity contribution is 5.88. The Kier molecular flexibility index (Phi) is 11.7. The fraction of sp³-hybridized carbons (Fsp3) is 0.429. The lowest BCUT2D eigenvalue weighted by Crippen LogP contribution is -2.31. The molecule has 1 heterocycles. The summed E-state index contributed by atoms with van der Waals surface area (Å²) in [5.41, 5.74) is 3.23. The number of aromatic nitrogens is 1. The third-order valence-electron chi connectivity index (χ3n) is 5.61. The van der Waals surface area contributed by atoms with Gasteiger partial charge in [0.05, 0.1) is 21.3 Å². The molecule has 0 aliphatic heterocycles. The number of amides is 1. The van der Waals surface area contributed by atoms with Crippen molar-refractivity contribution < 1.29 is 19.0 Å². The van der Waals surface area contributed by atoms with Crippen LogP contribution >= 0.6 is 0 Å². The molecule has 0 saturated carbocycles. The Morgan fingerprint density at radius 1 is 1.09 bits per heavy atom. The summed E-state index contributed by atoms with van der Waals surface area (Å²) in [6.07, 6.45) is 14.8. The van der Waals surface area contributed by atoms with Crippen LogP contribution in [0.1, 0.15) is 57.1 Å². The molecule has 0 fully saturated rings. The van der Waals surface area contributed by atoms with E-state index in [0.717, 1.165) is 49.7 Å². The molecule has 1 amide bonds. The molecule has 0 aliphatic rings. The van der Waals surface area contributed by atoms with Gasteiger partial charge in [-0.05, 0) is 68.4 Å². The highest BCUT2D eigenvalue weighted by Gasteiger charge is 2.18. The van der Waals surface area contributed by atoms with Gasteiger partial charge in [-0.15, -0.1) is 0 Å². The fourth-order valence-corrected chi connectivity index (χ4v) is 3.80. The van der Waals surface area contributed by atoms with E-state index in [9.17, 15) is 4.79 Å². The number of allylic oxidation sites excluding steroid dienone is 3. The van der Waals surface area contributed by atoms with Crippen LogP contribution in [0.3, 0.4) is 0 Å². The zero-order valence-corrected chi connectivity index (χ0v) is 21.1. The van der Waals surface area contributed by atoms with Crippen LogP contribution in [0.15, 0.2) is 54.9 Å². The van der Waals surface area contributed by atoms with Crippen LogP contribution in [0, 0.1) is 0 Å². The molecule has 184 valence electrons. The maximum atomic E-state index is 12.4. The number of aryl methyl sites for hydroxylation is 1. The van der Waals surface area contributed by atoms with Gasteiger partial charge in [-0.3, -0.25) is 9.78 Å². The molecule has 0 saturated heterocycles. The monoisotopic (exact) mass is 466 g/mol. The zero-order valence-electron chi connectivity index (χ0n) is 21.1. The lowest BCUT2D eigenvalue weighted by molar-refractivity contribution is -0.117. The maximum absolute atomic E-state index is 12.4. The van der Waals surface area contributed by atoms with Gasteiger partial charge in [-0.2, -0.15) is 0 Å².